The number of primary amides is 1. The first-order valence-corrected chi connectivity index (χ1v) is 8.19. The molecule has 25 heavy (non-hydrogen) atoms. The molecule has 2 aliphatic heterocycles. The van der Waals surface area contributed by atoms with E-state index in [0.717, 1.165) is 16.0 Å². The Kier molecular flexibility index (Phi) is 3.25. The molecule has 0 spiro atoms. The second kappa shape index (κ2) is 5.24. The topological polar surface area (TPSA) is 75.9 Å². The van der Waals surface area contributed by atoms with E-state index < -0.39 is 17.6 Å². The lowest BCUT2D eigenvalue weighted by molar-refractivity contribution is 0.112. The number of fused-ring (bicyclic) bond motifs is 3. The van der Waals surface area contributed by atoms with E-state index in [1.54, 1.807) is 4.90 Å². The molecule has 6 heteroatoms. The number of amides is 4. The van der Waals surface area contributed by atoms with Crippen LogP contribution in [0.5, 0.6) is 5.75 Å². The van der Waals surface area contributed by atoms with Gasteiger partial charge in [0.1, 0.15) is 17.4 Å². The highest BCUT2D eigenvalue weighted by Crippen LogP contribution is 2.50. The maximum Gasteiger partial charge on any atom is 0.333 e. The minimum absolute atomic E-state index is 0.153. The zero-order chi connectivity index (χ0) is 17.8. The van der Waals surface area contributed by atoms with E-state index in [1.807, 2.05) is 62.4 Å². The van der Waals surface area contributed by atoms with Crippen LogP contribution in [0, 0.1) is 6.92 Å². The van der Waals surface area contributed by atoms with Crippen LogP contribution >= 0.6 is 0 Å². The molecule has 2 atom stereocenters. The number of carbonyl (C=O) groups excluding carboxylic acids is 2. The summed E-state index contributed by atoms with van der Waals surface area (Å²) >= 11 is 0. The van der Waals surface area contributed by atoms with Gasteiger partial charge in [0.05, 0.1) is 12.2 Å². The van der Waals surface area contributed by atoms with Crippen molar-refractivity contribution >= 4 is 17.7 Å². The molecule has 0 radical (unpaired) electrons. The van der Waals surface area contributed by atoms with Crippen molar-refractivity contribution in [1.29, 1.82) is 0 Å². The lowest BCUT2D eigenvalue weighted by atomic mass is 9.82. The first-order valence-electron chi connectivity index (χ1n) is 8.19. The molecular formula is C19H19N3O3. The SMILES string of the molecule is Cc1ccc2c(c1)N1C(=O)N(C(N)=O)CC1(c1ccccc1)C(C)O2. The summed E-state index contributed by atoms with van der Waals surface area (Å²) in [5.41, 5.74) is 7.24. The number of carbonyl (C=O) groups is 2. The molecule has 2 heterocycles. The van der Waals surface area contributed by atoms with Crippen LogP contribution in [-0.4, -0.2) is 29.6 Å². The van der Waals surface area contributed by atoms with E-state index in [2.05, 4.69) is 0 Å². The third kappa shape index (κ3) is 2.03. The second-order valence-electron chi connectivity index (χ2n) is 6.56. The highest BCUT2D eigenvalue weighted by Gasteiger charge is 2.59. The van der Waals surface area contributed by atoms with E-state index in [9.17, 15) is 9.59 Å². The van der Waals surface area contributed by atoms with Crippen molar-refractivity contribution in [3.63, 3.8) is 0 Å². The number of hydrogen-bond acceptors (Lipinski definition) is 3. The number of rotatable bonds is 1. The molecule has 1 saturated heterocycles. The van der Waals surface area contributed by atoms with Crippen LogP contribution in [0.2, 0.25) is 0 Å². The standard InChI is InChI=1S/C19H19N3O3/c1-12-8-9-16-15(10-12)22-18(24)21(17(20)23)11-19(22,13(2)25-16)14-6-4-3-5-7-14/h3-10,13H,11H2,1-2H3,(H2,20,23). The summed E-state index contributed by atoms with van der Waals surface area (Å²) in [6.45, 7) is 4.02. The van der Waals surface area contributed by atoms with Crippen molar-refractivity contribution < 1.29 is 14.3 Å². The molecule has 4 amide bonds. The first kappa shape index (κ1) is 15.5. The summed E-state index contributed by atoms with van der Waals surface area (Å²) in [7, 11) is 0. The average molecular weight is 337 g/mol. The van der Waals surface area contributed by atoms with Crippen LogP contribution in [-0.2, 0) is 5.54 Å². The van der Waals surface area contributed by atoms with E-state index in [4.69, 9.17) is 10.5 Å². The fourth-order valence-electron chi connectivity index (χ4n) is 3.84. The summed E-state index contributed by atoms with van der Waals surface area (Å²) < 4.78 is 6.16. The van der Waals surface area contributed by atoms with Crippen molar-refractivity contribution in [2.24, 2.45) is 5.73 Å². The van der Waals surface area contributed by atoms with Crippen molar-refractivity contribution in [1.82, 2.24) is 4.90 Å². The lowest BCUT2D eigenvalue weighted by Crippen LogP contribution is -2.57. The quantitative estimate of drug-likeness (QED) is 0.869. The Morgan fingerprint density at radius 2 is 1.96 bits per heavy atom. The van der Waals surface area contributed by atoms with Crippen molar-refractivity contribution in [2.75, 3.05) is 11.4 Å². The van der Waals surface area contributed by atoms with Gasteiger partial charge in [0, 0.05) is 0 Å². The molecule has 128 valence electrons. The Labute approximate surface area is 145 Å². The number of ether oxygens (including phenoxy) is 1. The number of urea groups is 2. The summed E-state index contributed by atoms with van der Waals surface area (Å²) in [6.07, 6.45) is -0.349. The predicted molar refractivity (Wildman–Crippen MR) is 93.6 cm³/mol. The molecule has 0 aromatic heterocycles. The zero-order valence-electron chi connectivity index (χ0n) is 14.1. The predicted octanol–water partition coefficient (Wildman–Crippen LogP) is 2.99. The van der Waals surface area contributed by atoms with Crippen LogP contribution < -0.4 is 15.4 Å². The Balaban J connectivity index is 1.99. The molecule has 6 nitrogen and oxygen atoms in total. The molecule has 0 bridgehead atoms. The normalized spacial score (nSPS) is 24.6. The van der Waals surface area contributed by atoms with Gasteiger partial charge in [0.15, 0.2) is 0 Å². The number of anilines is 1. The molecule has 0 saturated carbocycles. The monoisotopic (exact) mass is 337 g/mol. The van der Waals surface area contributed by atoms with Gasteiger partial charge in [-0.2, -0.15) is 0 Å². The maximum atomic E-state index is 13.1. The molecule has 4 rings (SSSR count). The van der Waals surface area contributed by atoms with E-state index >= 15 is 0 Å². The van der Waals surface area contributed by atoms with Gasteiger partial charge in [-0.3, -0.25) is 4.90 Å². The highest BCUT2D eigenvalue weighted by molar-refractivity contribution is 6.06. The summed E-state index contributed by atoms with van der Waals surface area (Å²) in [5.74, 6) is 0.629. The van der Waals surface area contributed by atoms with Crippen molar-refractivity contribution in [3.05, 3.63) is 59.7 Å². The van der Waals surface area contributed by atoms with Gasteiger partial charge >= 0.3 is 12.1 Å². The van der Waals surface area contributed by atoms with Crippen LogP contribution in [0.3, 0.4) is 0 Å². The smallest absolute Gasteiger partial charge is 0.333 e. The van der Waals surface area contributed by atoms with Gasteiger partial charge in [-0.1, -0.05) is 36.4 Å². The number of imide groups is 1. The second-order valence-corrected chi connectivity index (χ2v) is 6.56. The van der Waals surface area contributed by atoms with Crippen molar-refractivity contribution in [3.8, 4) is 5.75 Å². The van der Waals surface area contributed by atoms with E-state index in [0.29, 0.717) is 11.4 Å². The van der Waals surface area contributed by atoms with Gasteiger partial charge in [0.25, 0.3) is 0 Å². The largest absolute Gasteiger partial charge is 0.486 e. The number of benzene rings is 2. The molecule has 2 unspecified atom stereocenters. The highest BCUT2D eigenvalue weighted by atomic mass is 16.5. The summed E-state index contributed by atoms with van der Waals surface area (Å²) in [4.78, 5) is 27.7. The third-order valence-corrected chi connectivity index (χ3v) is 5.09. The van der Waals surface area contributed by atoms with Crippen LogP contribution in [0.1, 0.15) is 18.1 Å². The Morgan fingerprint density at radius 1 is 1.24 bits per heavy atom. The van der Waals surface area contributed by atoms with Gasteiger partial charge in [0.2, 0.25) is 0 Å². The van der Waals surface area contributed by atoms with Crippen LogP contribution in [0.15, 0.2) is 48.5 Å². The fourth-order valence-corrected chi connectivity index (χ4v) is 3.84. The number of nitrogens with two attached hydrogens (primary N) is 1. The number of hydrogen-bond donors (Lipinski definition) is 1. The molecule has 2 aliphatic rings. The Hall–Kier alpha value is -3.02. The fraction of sp³-hybridized carbons (Fsp3) is 0.263. The molecule has 2 aromatic carbocycles. The molecule has 2 aromatic rings. The summed E-state index contributed by atoms with van der Waals surface area (Å²) in [5, 5.41) is 0. The third-order valence-electron chi connectivity index (χ3n) is 5.09. The van der Waals surface area contributed by atoms with Gasteiger partial charge in [-0.05, 0) is 37.1 Å². The van der Waals surface area contributed by atoms with E-state index in [-0.39, 0.29) is 12.6 Å². The van der Waals surface area contributed by atoms with Crippen LogP contribution in [0.4, 0.5) is 15.3 Å². The molecule has 0 aliphatic carbocycles. The minimum atomic E-state index is -0.811. The molecular weight excluding hydrogens is 318 g/mol. The Bertz CT molecular complexity index is 867. The van der Waals surface area contributed by atoms with E-state index in [1.165, 1.54) is 0 Å². The van der Waals surface area contributed by atoms with Crippen molar-refractivity contribution in [2.45, 2.75) is 25.5 Å². The maximum absolute atomic E-state index is 13.1. The van der Waals surface area contributed by atoms with Gasteiger partial charge < -0.3 is 10.5 Å². The minimum Gasteiger partial charge on any atom is -0.486 e. The molecule has 1 fully saturated rings. The average Bonchev–Trinajstić information content (AvgIpc) is 2.92. The zero-order valence-corrected chi connectivity index (χ0v) is 14.1. The summed E-state index contributed by atoms with van der Waals surface area (Å²) in [6, 6.07) is 14.2. The lowest BCUT2D eigenvalue weighted by Gasteiger charge is -2.46. The van der Waals surface area contributed by atoms with Crippen LogP contribution in [0.25, 0.3) is 0 Å². The Morgan fingerprint density at radius 3 is 2.64 bits per heavy atom. The molecule has 2 N–H and O–H groups in total. The first-order chi connectivity index (χ1) is 11.9. The van der Waals surface area contributed by atoms with Gasteiger partial charge in [-0.15, -0.1) is 0 Å². The number of aryl methyl sites for hydroxylation is 1. The number of nitrogens with zero attached hydrogens (tertiary/aromatic N) is 2. The van der Waals surface area contributed by atoms with Gasteiger partial charge in [-0.25, -0.2) is 14.5 Å².